The molecule has 0 unspecified atom stereocenters. The average Bonchev–Trinajstić information content (AvgIpc) is 2.99. The SMILES string of the molecule is c1ccc(CC2CCN(c3ccnc(N4CCCCCC4)n3)CC2)cc1. The molecule has 0 aliphatic carbocycles. The molecule has 26 heavy (non-hydrogen) atoms. The fourth-order valence-corrected chi connectivity index (χ4v) is 4.25. The molecule has 2 aromatic rings. The highest BCUT2D eigenvalue weighted by Gasteiger charge is 2.21. The maximum atomic E-state index is 4.91. The van der Waals surface area contributed by atoms with Crippen LogP contribution in [-0.2, 0) is 6.42 Å². The van der Waals surface area contributed by atoms with E-state index in [4.69, 9.17) is 4.98 Å². The van der Waals surface area contributed by atoms with Gasteiger partial charge in [0.15, 0.2) is 0 Å². The van der Waals surface area contributed by atoms with Crippen molar-refractivity contribution in [2.45, 2.75) is 44.9 Å². The Morgan fingerprint density at radius 3 is 2.27 bits per heavy atom. The zero-order valence-corrected chi connectivity index (χ0v) is 15.7. The van der Waals surface area contributed by atoms with Gasteiger partial charge in [-0.3, -0.25) is 0 Å². The van der Waals surface area contributed by atoms with Crippen molar-refractivity contribution in [3.63, 3.8) is 0 Å². The largest absolute Gasteiger partial charge is 0.356 e. The average molecular weight is 351 g/mol. The molecular formula is C22H30N4. The zero-order chi connectivity index (χ0) is 17.6. The highest BCUT2D eigenvalue weighted by Crippen LogP contribution is 2.26. The van der Waals surface area contributed by atoms with E-state index in [9.17, 15) is 0 Å². The van der Waals surface area contributed by atoms with E-state index in [1.807, 2.05) is 6.20 Å². The summed E-state index contributed by atoms with van der Waals surface area (Å²) in [6.45, 7) is 4.41. The van der Waals surface area contributed by atoms with E-state index >= 15 is 0 Å². The van der Waals surface area contributed by atoms with Crippen molar-refractivity contribution >= 4 is 11.8 Å². The second kappa shape index (κ2) is 8.52. The molecule has 0 atom stereocenters. The standard InChI is InChI=1S/C22H30N4/c1-2-7-15-26(14-6-1)22-23-13-10-21(24-22)25-16-11-20(12-17-25)18-19-8-4-3-5-9-19/h3-5,8-10,13,20H,1-2,6-7,11-12,14-18H2. The molecule has 3 heterocycles. The number of anilines is 2. The number of hydrogen-bond acceptors (Lipinski definition) is 4. The van der Waals surface area contributed by atoms with Gasteiger partial charge in [0.25, 0.3) is 0 Å². The van der Waals surface area contributed by atoms with Gasteiger partial charge in [-0.2, -0.15) is 4.98 Å². The van der Waals surface area contributed by atoms with Gasteiger partial charge in [0.2, 0.25) is 5.95 Å². The van der Waals surface area contributed by atoms with Crippen LogP contribution >= 0.6 is 0 Å². The van der Waals surface area contributed by atoms with Crippen LogP contribution in [-0.4, -0.2) is 36.1 Å². The number of aromatic nitrogens is 2. The number of hydrogen-bond donors (Lipinski definition) is 0. The first kappa shape index (κ1) is 17.3. The summed E-state index contributed by atoms with van der Waals surface area (Å²) in [5, 5.41) is 0. The van der Waals surface area contributed by atoms with Crippen LogP contribution in [0.15, 0.2) is 42.6 Å². The predicted octanol–water partition coefficient (Wildman–Crippen LogP) is 4.32. The van der Waals surface area contributed by atoms with Crippen molar-refractivity contribution in [2.24, 2.45) is 5.92 Å². The molecule has 0 saturated carbocycles. The Hall–Kier alpha value is -2.10. The summed E-state index contributed by atoms with van der Waals surface area (Å²) >= 11 is 0. The topological polar surface area (TPSA) is 32.3 Å². The molecule has 138 valence electrons. The fraction of sp³-hybridized carbons (Fsp3) is 0.545. The molecule has 0 radical (unpaired) electrons. The Morgan fingerprint density at radius 2 is 1.54 bits per heavy atom. The van der Waals surface area contributed by atoms with Gasteiger partial charge in [-0.1, -0.05) is 43.2 Å². The van der Waals surface area contributed by atoms with E-state index in [1.54, 1.807) is 0 Å². The third-order valence-corrected chi connectivity index (χ3v) is 5.82. The Balaban J connectivity index is 1.36. The number of benzene rings is 1. The van der Waals surface area contributed by atoms with Crippen LogP contribution in [0.4, 0.5) is 11.8 Å². The number of nitrogens with zero attached hydrogens (tertiary/aromatic N) is 4. The summed E-state index contributed by atoms with van der Waals surface area (Å²) in [6.07, 6.45) is 10.8. The van der Waals surface area contributed by atoms with Crippen molar-refractivity contribution in [1.29, 1.82) is 0 Å². The summed E-state index contributed by atoms with van der Waals surface area (Å²) in [7, 11) is 0. The quantitative estimate of drug-likeness (QED) is 0.822. The summed E-state index contributed by atoms with van der Waals surface area (Å²) in [6, 6.07) is 13.0. The van der Waals surface area contributed by atoms with Crippen molar-refractivity contribution in [2.75, 3.05) is 36.0 Å². The molecule has 2 fully saturated rings. The van der Waals surface area contributed by atoms with Crippen LogP contribution in [0.3, 0.4) is 0 Å². The third-order valence-electron chi connectivity index (χ3n) is 5.82. The van der Waals surface area contributed by atoms with Gasteiger partial charge >= 0.3 is 0 Å². The first-order chi connectivity index (χ1) is 12.9. The zero-order valence-electron chi connectivity index (χ0n) is 15.7. The molecule has 0 spiro atoms. The fourth-order valence-electron chi connectivity index (χ4n) is 4.25. The summed E-state index contributed by atoms with van der Waals surface area (Å²) in [5.41, 5.74) is 1.47. The summed E-state index contributed by atoms with van der Waals surface area (Å²) < 4.78 is 0. The van der Waals surface area contributed by atoms with Crippen molar-refractivity contribution in [3.8, 4) is 0 Å². The van der Waals surface area contributed by atoms with E-state index in [-0.39, 0.29) is 0 Å². The van der Waals surface area contributed by atoms with Gasteiger partial charge in [0.05, 0.1) is 0 Å². The Labute approximate surface area is 157 Å². The van der Waals surface area contributed by atoms with E-state index in [1.165, 1.54) is 50.5 Å². The van der Waals surface area contributed by atoms with E-state index in [0.29, 0.717) is 0 Å². The maximum absolute atomic E-state index is 4.91. The molecule has 0 amide bonds. The molecule has 1 aromatic carbocycles. The molecule has 2 aliphatic rings. The van der Waals surface area contributed by atoms with Crippen molar-refractivity contribution in [3.05, 3.63) is 48.2 Å². The third kappa shape index (κ3) is 4.35. The minimum absolute atomic E-state index is 0.792. The molecule has 1 aromatic heterocycles. The monoisotopic (exact) mass is 350 g/mol. The number of rotatable bonds is 4. The van der Waals surface area contributed by atoms with Crippen molar-refractivity contribution < 1.29 is 0 Å². The van der Waals surface area contributed by atoms with Gasteiger partial charge < -0.3 is 9.80 Å². The lowest BCUT2D eigenvalue weighted by molar-refractivity contribution is 0.402. The van der Waals surface area contributed by atoms with Crippen molar-refractivity contribution in [1.82, 2.24) is 9.97 Å². The highest BCUT2D eigenvalue weighted by atomic mass is 15.3. The molecule has 2 saturated heterocycles. The molecule has 0 bridgehead atoms. The van der Waals surface area contributed by atoms with Gasteiger partial charge in [0, 0.05) is 32.4 Å². The van der Waals surface area contributed by atoms with E-state index < -0.39 is 0 Å². The molecular weight excluding hydrogens is 320 g/mol. The highest BCUT2D eigenvalue weighted by molar-refractivity contribution is 5.44. The first-order valence-corrected chi connectivity index (χ1v) is 10.3. The lowest BCUT2D eigenvalue weighted by Crippen LogP contribution is -2.35. The van der Waals surface area contributed by atoms with Crippen LogP contribution in [0.25, 0.3) is 0 Å². The minimum atomic E-state index is 0.792. The molecule has 4 heteroatoms. The Kier molecular flexibility index (Phi) is 5.68. The van der Waals surface area contributed by atoms with Crippen LogP contribution in [0.2, 0.25) is 0 Å². The molecule has 4 nitrogen and oxygen atoms in total. The smallest absolute Gasteiger partial charge is 0.227 e. The predicted molar refractivity (Wildman–Crippen MR) is 108 cm³/mol. The summed E-state index contributed by atoms with van der Waals surface area (Å²) in [4.78, 5) is 14.3. The summed E-state index contributed by atoms with van der Waals surface area (Å²) in [5.74, 6) is 2.83. The minimum Gasteiger partial charge on any atom is -0.356 e. The van der Waals surface area contributed by atoms with Crippen LogP contribution in [0.5, 0.6) is 0 Å². The Bertz CT molecular complexity index is 672. The maximum Gasteiger partial charge on any atom is 0.227 e. The van der Waals surface area contributed by atoms with E-state index in [0.717, 1.165) is 43.9 Å². The Morgan fingerprint density at radius 1 is 0.808 bits per heavy atom. The van der Waals surface area contributed by atoms with Crippen LogP contribution < -0.4 is 9.80 Å². The van der Waals surface area contributed by atoms with Gasteiger partial charge in [-0.15, -0.1) is 0 Å². The van der Waals surface area contributed by atoms with E-state index in [2.05, 4.69) is 51.2 Å². The van der Waals surface area contributed by atoms with Crippen LogP contribution in [0.1, 0.15) is 44.1 Å². The van der Waals surface area contributed by atoms with Gasteiger partial charge in [0.1, 0.15) is 5.82 Å². The first-order valence-electron chi connectivity index (χ1n) is 10.3. The molecule has 0 N–H and O–H groups in total. The lowest BCUT2D eigenvalue weighted by Gasteiger charge is -2.33. The lowest BCUT2D eigenvalue weighted by atomic mass is 9.90. The second-order valence-corrected chi connectivity index (χ2v) is 7.74. The van der Waals surface area contributed by atoms with Crippen LogP contribution in [0, 0.1) is 5.92 Å². The van der Waals surface area contributed by atoms with Gasteiger partial charge in [-0.25, -0.2) is 4.98 Å². The van der Waals surface area contributed by atoms with Gasteiger partial charge in [-0.05, 0) is 49.7 Å². The molecule has 2 aliphatic heterocycles. The molecule has 4 rings (SSSR count). The number of piperidine rings is 1. The second-order valence-electron chi connectivity index (χ2n) is 7.74. The normalized spacial score (nSPS) is 19.4.